The van der Waals surface area contributed by atoms with Gasteiger partial charge in [-0.15, -0.1) is 0 Å². The van der Waals surface area contributed by atoms with Gasteiger partial charge in [0.2, 0.25) is 5.91 Å². The Bertz CT molecular complexity index is 353. The number of hydrogen-bond donors (Lipinski definition) is 1. The Balaban J connectivity index is 2.67. The molecule has 1 aromatic rings. The van der Waals surface area contributed by atoms with E-state index in [9.17, 15) is 4.79 Å². The van der Waals surface area contributed by atoms with Crippen molar-refractivity contribution in [2.45, 2.75) is 13.3 Å². The second-order valence-electron chi connectivity index (χ2n) is 3.57. The monoisotopic (exact) mass is 222 g/mol. The Morgan fingerprint density at radius 3 is 2.88 bits per heavy atom. The summed E-state index contributed by atoms with van der Waals surface area (Å²) >= 11 is 0. The van der Waals surface area contributed by atoms with Crippen molar-refractivity contribution in [2.24, 2.45) is 5.73 Å². The van der Waals surface area contributed by atoms with Crippen LogP contribution in [-0.4, -0.2) is 26.1 Å². The van der Waals surface area contributed by atoms with E-state index < -0.39 is 0 Å². The molecule has 4 heteroatoms. The first-order chi connectivity index (χ1) is 7.65. The normalized spacial score (nSPS) is 9.94. The lowest BCUT2D eigenvalue weighted by Gasteiger charge is -2.16. The standard InChI is InChI=1S/C12H18N2O2/c1-10(15)14(2)11-5-3-6-12(9-11)16-8-4-7-13/h3,5-6,9H,4,7-8,13H2,1-2H3. The molecule has 0 aliphatic rings. The maximum Gasteiger partial charge on any atom is 0.223 e. The molecular weight excluding hydrogens is 204 g/mol. The molecule has 1 rings (SSSR count). The van der Waals surface area contributed by atoms with E-state index in [4.69, 9.17) is 10.5 Å². The van der Waals surface area contributed by atoms with Gasteiger partial charge in [-0.2, -0.15) is 0 Å². The number of anilines is 1. The van der Waals surface area contributed by atoms with Crippen LogP contribution >= 0.6 is 0 Å². The highest BCUT2D eigenvalue weighted by Crippen LogP contribution is 2.20. The van der Waals surface area contributed by atoms with Crippen LogP contribution in [-0.2, 0) is 4.79 Å². The highest BCUT2D eigenvalue weighted by molar-refractivity contribution is 5.90. The minimum atomic E-state index is -0.000826. The molecule has 4 nitrogen and oxygen atoms in total. The Morgan fingerprint density at radius 2 is 2.25 bits per heavy atom. The summed E-state index contributed by atoms with van der Waals surface area (Å²) in [5.41, 5.74) is 6.21. The summed E-state index contributed by atoms with van der Waals surface area (Å²) in [4.78, 5) is 12.8. The molecule has 0 saturated heterocycles. The fourth-order valence-corrected chi connectivity index (χ4v) is 1.24. The Hall–Kier alpha value is -1.55. The zero-order valence-corrected chi connectivity index (χ0v) is 9.77. The number of carbonyl (C=O) groups is 1. The summed E-state index contributed by atoms with van der Waals surface area (Å²) in [5, 5.41) is 0. The molecule has 0 aliphatic carbocycles. The van der Waals surface area contributed by atoms with Crippen LogP contribution in [0.3, 0.4) is 0 Å². The summed E-state index contributed by atoms with van der Waals surface area (Å²) < 4.78 is 5.50. The van der Waals surface area contributed by atoms with Crippen LogP contribution in [0.4, 0.5) is 5.69 Å². The number of rotatable bonds is 5. The highest BCUT2D eigenvalue weighted by atomic mass is 16.5. The van der Waals surface area contributed by atoms with Crippen molar-refractivity contribution in [2.75, 3.05) is 25.1 Å². The summed E-state index contributed by atoms with van der Waals surface area (Å²) in [6.45, 7) is 2.75. The van der Waals surface area contributed by atoms with E-state index in [1.54, 1.807) is 11.9 Å². The summed E-state index contributed by atoms with van der Waals surface area (Å²) in [6.07, 6.45) is 0.826. The fourth-order valence-electron chi connectivity index (χ4n) is 1.24. The number of benzene rings is 1. The number of nitrogens with two attached hydrogens (primary N) is 1. The second kappa shape index (κ2) is 6.12. The van der Waals surface area contributed by atoms with Crippen LogP contribution in [0.25, 0.3) is 0 Å². The van der Waals surface area contributed by atoms with Gasteiger partial charge < -0.3 is 15.4 Å². The molecule has 2 N–H and O–H groups in total. The van der Waals surface area contributed by atoms with Crippen LogP contribution in [0.1, 0.15) is 13.3 Å². The van der Waals surface area contributed by atoms with Gasteiger partial charge in [0.25, 0.3) is 0 Å². The molecule has 1 amide bonds. The van der Waals surface area contributed by atoms with Gasteiger partial charge in [0, 0.05) is 25.7 Å². The third-order valence-corrected chi connectivity index (χ3v) is 2.29. The molecule has 16 heavy (non-hydrogen) atoms. The lowest BCUT2D eigenvalue weighted by atomic mass is 10.3. The number of amides is 1. The van der Waals surface area contributed by atoms with Gasteiger partial charge in [-0.3, -0.25) is 4.79 Å². The summed E-state index contributed by atoms with van der Waals surface area (Å²) in [7, 11) is 1.74. The molecule has 0 aromatic heterocycles. The van der Waals surface area contributed by atoms with E-state index in [1.807, 2.05) is 24.3 Å². The zero-order valence-electron chi connectivity index (χ0n) is 9.77. The molecule has 0 unspecified atom stereocenters. The average molecular weight is 222 g/mol. The van der Waals surface area contributed by atoms with Crippen molar-refractivity contribution in [3.63, 3.8) is 0 Å². The fraction of sp³-hybridized carbons (Fsp3) is 0.417. The van der Waals surface area contributed by atoms with E-state index >= 15 is 0 Å². The summed E-state index contributed by atoms with van der Waals surface area (Å²) in [6, 6.07) is 7.45. The van der Waals surface area contributed by atoms with Gasteiger partial charge in [-0.25, -0.2) is 0 Å². The molecule has 88 valence electrons. The van der Waals surface area contributed by atoms with E-state index in [0.29, 0.717) is 13.2 Å². The van der Waals surface area contributed by atoms with Crippen molar-refractivity contribution in [1.82, 2.24) is 0 Å². The maximum atomic E-state index is 11.2. The molecule has 0 radical (unpaired) electrons. The molecule has 0 aliphatic heterocycles. The van der Waals surface area contributed by atoms with Crippen LogP contribution < -0.4 is 15.4 Å². The maximum absolute atomic E-state index is 11.2. The Kier molecular flexibility index (Phi) is 4.79. The minimum Gasteiger partial charge on any atom is -0.493 e. The molecule has 0 atom stereocenters. The number of nitrogens with zero attached hydrogens (tertiary/aromatic N) is 1. The van der Waals surface area contributed by atoms with Crippen LogP contribution in [0.5, 0.6) is 5.75 Å². The predicted octanol–water partition coefficient (Wildman–Crippen LogP) is 1.40. The molecule has 1 aromatic carbocycles. The molecule has 0 bridgehead atoms. The molecular formula is C12H18N2O2. The van der Waals surface area contributed by atoms with Gasteiger partial charge >= 0.3 is 0 Å². The number of ether oxygens (including phenoxy) is 1. The van der Waals surface area contributed by atoms with Crippen molar-refractivity contribution >= 4 is 11.6 Å². The van der Waals surface area contributed by atoms with E-state index in [1.165, 1.54) is 6.92 Å². The average Bonchev–Trinajstić information content (AvgIpc) is 2.29. The topological polar surface area (TPSA) is 55.6 Å². The van der Waals surface area contributed by atoms with Gasteiger partial charge in [-0.1, -0.05) is 6.07 Å². The quantitative estimate of drug-likeness (QED) is 0.766. The van der Waals surface area contributed by atoms with Crippen molar-refractivity contribution in [3.8, 4) is 5.75 Å². The number of hydrogen-bond acceptors (Lipinski definition) is 3. The first-order valence-corrected chi connectivity index (χ1v) is 5.32. The largest absolute Gasteiger partial charge is 0.493 e. The van der Waals surface area contributed by atoms with Crippen LogP contribution in [0.15, 0.2) is 24.3 Å². The third kappa shape index (κ3) is 3.55. The first kappa shape index (κ1) is 12.5. The van der Waals surface area contributed by atoms with E-state index in [2.05, 4.69) is 0 Å². The zero-order chi connectivity index (χ0) is 12.0. The number of carbonyl (C=O) groups excluding carboxylic acids is 1. The summed E-state index contributed by atoms with van der Waals surface area (Å²) in [5.74, 6) is 0.762. The molecule has 0 spiro atoms. The minimum absolute atomic E-state index is 0.000826. The van der Waals surface area contributed by atoms with Gasteiger partial charge in [0.05, 0.1) is 6.61 Å². The second-order valence-corrected chi connectivity index (χ2v) is 3.57. The molecule has 0 fully saturated rings. The van der Waals surface area contributed by atoms with Crippen molar-refractivity contribution in [1.29, 1.82) is 0 Å². The predicted molar refractivity (Wildman–Crippen MR) is 64.7 cm³/mol. The Labute approximate surface area is 96.0 Å². The van der Waals surface area contributed by atoms with E-state index in [-0.39, 0.29) is 5.91 Å². The lowest BCUT2D eigenvalue weighted by molar-refractivity contribution is -0.116. The third-order valence-electron chi connectivity index (χ3n) is 2.29. The van der Waals surface area contributed by atoms with E-state index in [0.717, 1.165) is 17.9 Å². The molecule has 0 saturated carbocycles. The smallest absolute Gasteiger partial charge is 0.223 e. The van der Waals surface area contributed by atoms with Crippen LogP contribution in [0, 0.1) is 0 Å². The van der Waals surface area contributed by atoms with Crippen molar-refractivity contribution < 1.29 is 9.53 Å². The van der Waals surface area contributed by atoms with Gasteiger partial charge in [0.1, 0.15) is 5.75 Å². The van der Waals surface area contributed by atoms with Gasteiger partial charge in [0.15, 0.2) is 0 Å². The lowest BCUT2D eigenvalue weighted by Crippen LogP contribution is -2.22. The molecule has 0 heterocycles. The SMILES string of the molecule is CC(=O)N(C)c1cccc(OCCCN)c1. The Morgan fingerprint density at radius 1 is 1.50 bits per heavy atom. The first-order valence-electron chi connectivity index (χ1n) is 5.32. The highest BCUT2D eigenvalue weighted by Gasteiger charge is 2.05. The van der Waals surface area contributed by atoms with Crippen LogP contribution in [0.2, 0.25) is 0 Å². The van der Waals surface area contributed by atoms with Gasteiger partial charge in [-0.05, 0) is 25.1 Å². The van der Waals surface area contributed by atoms with Crippen molar-refractivity contribution in [3.05, 3.63) is 24.3 Å².